The minimum Gasteiger partial charge on any atom is -0.457 e. The minimum absolute atomic E-state index is 0.251. The van der Waals surface area contributed by atoms with E-state index < -0.39 is 0 Å². The Morgan fingerprint density at radius 2 is 1.44 bits per heavy atom. The van der Waals surface area contributed by atoms with Gasteiger partial charge in [-0.1, -0.05) is 42.5 Å². The molecule has 0 aliphatic carbocycles. The van der Waals surface area contributed by atoms with Crippen LogP contribution < -0.4 is 15.4 Å². The van der Waals surface area contributed by atoms with Gasteiger partial charge in [0.15, 0.2) is 0 Å². The lowest BCUT2D eigenvalue weighted by Crippen LogP contribution is -2.31. The quantitative estimate of drug-likeness (QED) is 0.488. The van der Waals surface area contributed by atoms with E-state index in [2.05, 4.69) is 15.6 Å². The van der Waals surface area contributed by atoms with E-state index in [1.54, 1.807) is 42.6 Å². The predicted octanol–water partition coefficient (Wildman–Crippen LogP) is 4.96. The van der Waals surface area contributed by atoms with Crippen LogP contribution in [-0.2, 0) is 0 Å². The molecule has 2 amide bonds. The highest BCUT2D eigenvalue weighted by molar-refractivity contribution is 6.05. The van der Waals surface area contributed by atoms with Crippen molar-refractivity contribution in [1.82, 2.24) is 10.3 Å². The number of carbonyl (C=O) groups excluding carboxylic acids is 2. The minimum atomic E-state index is -0.350. The number of benzene rings is 3. The fraction of sp³-hybridized carbons (Fsp3) is 0.0385. The van der Waals surface area contributed by atoms with Crippen molar-refractivity contribution in [3.8, 4) is 11.5 Å². The van der Waals surface area contributed by atoms with Crippen LogP contribution in [0.3, 0.4) is 0 Å². The molecule has 5 rings (SSSR count). The molecule has 156 valence electrons. The molecule has 0 atom stereocenters. The maximum Gasteiger partial charge on any atom is 0.257 e. The number of ether oxygens (including phenoxy) is 1. The third-order valence-electron chi connectivity index (χ3n) is 5.26. The van der Waals surface area contributed by atoms with E-state index in [0.717, 1.165) is 11.1 Å². The summed E-state index contributed by atoms with van der Waals surface area (Å²) in [6.07, 6.45) is 3.10. The zero-order valence-corrected chi connectivity index (χ0v) is 17.0. The standard InChI is InChI=1S/C26H19N3O3/c30-25(17-7-5-9-19(15-17)28-26(31)18-8-6-14-27-16-18)29-24-20-10-1-3-12-22(20)32-23-13-4-2-11-21(23)24/h1-16,24H,(H,28,31)(H,29,30). The van der Waals surface area contributed by atoms with Crippen LogP contribution >= 0.6 is 0 Å². The number of pyridine rings is 1. The van der Waals surface area contributed by atoms with E-state index in [1.807, 2.05) is 48.5 Å². The number of fused-ring (bicyclic) bond motifs is 2. The summed E-state index contributed by atoms with van der Waals surface area (Å²) in [5, 5.41) is 5.93. The van der Waals surface area contributed by atoms with Crippen LogP contribution in [0.15, 0.2) is 97.3 Å². The lowest BCUT2D eigenvalue weighted by atomic mass is 9.94. The first-order valence-corrected chi connectivity index (χ1v) is 10.2. The molecule has 3 aromatic carbocycles. The second kappa shape index (κ2) is 8.35. The summed E-state index contributed by atoms with van der Waals surface area (Å²) in [4.78, 5) is 29.5. The van der Waals surface area contributed by atoms with E-state index in [-0.39, 0.29) is 17.9 Å². The van der Waals surface area contributed by atoms with Crippen molar-refractivity contribution in [2.45, 2.75) is 6.04 Å². The molecule has 2 N–H and O–H groups in total. The number of carbonyl (C=O) groups is 2. The Kier molecular flexibility index (Phi) is 5.09. The molecule has 6 heteroatoms. The van der Waals surface area contributed by atoms with E-state index >= 15 is 0 Å². The summed E-state index contributed by atoms with van der Waals surface area (Å²) in [5.74, 6) is 0.893. The lowest BCUT2D eigenvalue weighted by molar-refractivity contribution is 0.0940. The monoisotopic (exact) mass is 421 g/mol. The van der Waals surface area contributed by atoms with Crippen LogP contribution in [0, 0.1) is 0 Å². The van der Waals surface area contributed by atoms with Gasteiger partial charge in [0.05, 0.1) is 11.6 Å². The Hall–Kier alpha value is -4.45. The molecule has 0 saturated heterocycles. The largest absolute Gasteiger partial charge is 0.457 e. The van der Waals surface area contributed by atoms with Crippen molar-refractivity contribution < 1.29 is 14.3 Å². The first kappa shape index (κ1) is 19.5. The smallest absolute Gasteiger partial charge is 0.257 e. The topological polar surface area (TPSA) is 80.3 Å². The van der Waals surface area contributed by atoms with Crippen LogP contribution in [0.4, 0.5) is 5.69 Å². The number of hydrogen-bond acceptors (Lipinski definition) is 4. The van der Waals surface area contributed by atoms with Gasteiger partial charge >= 0.3 is 0 Å². The highest BCUT2D eigenvalue weighted by Gasteiger charge is 2.28. The Labute approximate surface area is 184 Å². The van der Waals surface area contributed by atoms with Crippen molar-refractivity contribution in [2.75, 3.05) is 5.32 Å². The molecule has 0 fully saturated rings. The van der Waals surface area contributed by atoms with Crippen molar-refractivity contribution in [3.63, 3.8) is 0 Å². The van der Waals surface area contributed by atoms with Gasteiger partial charge in [0.1, 0.15) is 11.5 Å². The third-order valence-corrected chi connectivity index (χ3v) is 5.26. The van der Waals surface area contributed by atoms with Crippen LogP contribution in [0.1, 0.15) is 37.9 Å². The molecule has 1 aromatic heterocycles. The van der Waals surface area contributed by atoms with Crippen LogP contribution in [0.5, 0.6) is 11.5 Å². The Balaban J connectivity index is 1.39. The van der Waals surface area contributed by atoms with Gasteiger partial charge < -0.3 is 15.4 Å². The normalized spacial score (nSPS) is 12.1. The van der Waals surface area contributed by atoms with Gasteiger partial charge in [-0.3, -0.25) is 14.6 Å². The van der Waals surface area contributed by atoms with Crippen LogP contribution in [0.25, 0.3) is 0 Å². The van der Waals surface area contributed by atoms with Gasteiger partial charge in [-0.05, 0) is 42.5 Å². The van der Waals surface area contributed by atoms with Crippen molar-refractivity contribution >= 4 is 17.5 Å². The summed E-state index contributed by atoms with van der Waals surface area (Å²) in [5.41, 5.74) is 3.19. The Morgan fingerprint density at radius 1 is 0.750 bits per heavy atom. The summed E-state index contributed by atoms with van der Waals surface area (Å²) < 4.78 is 6.00. The van der Waals surface area contributed by atoms with Crippen molar-refractivity contribution in [2.24, 2.45) is 0 Å². The van der Waals surface area contributed by atoms with E-state index in [1.165, 1.54) is 6.20 Å². The lowest BCUT2D eigenvalue weighted by Gasteiger charge is -2.28. The second-order valence-corrected chi connectivity index (χ2v) is 7.36. The second-order valence-electron chi connectivity index (χ2n) is 7.36. The fourth-order valence-electron chi connectivity index (χ4n) is 3.72. The average Bonchev–Trinajstić information content (AvgIpc) is 2.84. The van der Waals surface area contributed by atoms with Crippen LogP contribution in [0.2, 0.25) is 0 Å². The van der Waals surface area contributed by atoms with Gasteiger partial charge in [0.25, 0.3) is 11.8 Å². The number of nitrogens with one attached hydrogen (secondary N) is 2. The van der Waals surface area contributed by atoms with Gasteiger partial charge in [-0.2, -0.15) is 0 Å². The number of nitrogens with zero attached hydrogens (tertiary/aromatic N) is 1. The maximum absolute atomic E-state index is 13.2. The van der Waals surface area contributed by atoms with Gasteiger partial charge in [0.2, 0.25) is 0 Å². The number of rotatable bonds is 4. The molecule has 0 saturated carbocycles. The predicted molar refractivity (Wildman–Crippen MR) is 121 cm³/mol. The molecular weight excluding hydrogens is 402 g/mol. The van der Waals surface area contributed by atoms with Gasteiger partial charge in [-0.15, -0.1) is 0 Å². The first-order chi connectivity index (χ1) is 15.7. The summed E-state index contributed by atoms with van der Waals surface area (Å²) in [6, 6.07) is 25.2. The zero-order valence-electron chi connectivity index (χ0n) is 17.0. The number of amides is 2. The summed E-state index contributed by atoms with van der Waals surface area (Å²) >= 11 is 0. The molecular formula is C26H19N3O3. The van der Waals surface area contributed by atoms with Crippen LogP contribution in [-0.4, -0.2) is 16.8 Å². The summed E-state index contributed by atoms with van der Waals surface area (Å²) in [7, 11) is 0. The number of hydrogen-bond donors (Lipinski definition) is 2. The maximum atomic E-state index is 13.2. The van der Waals surface area contributed by atoms with E-state index in [9.17, 15) is 9.59 Å². The number of anilines is 1. The molecule has 1 aliphatic rings. The van der Waals surface area contributed by atoms with E-state index in [0.29, 0.717) is 28.3 Å². The first-order valence-electron chi connectivity index (χ1n) is 10.2. The molecule has 0 spiro atoms. The van der Waals surface area contributed by atoms with Gasteiger partial charge in [0, 0.05) is 34.8 Å². The number of aromatic nitrogens is 1. The number of para-hydroxylation sites is 2. The molecule has 0 unspecified atom stereocenters. The average molecular weight is 421 g/mol. The zero-order chi connectivity index (χ0) is 21.9. The molecule has 0 bridgehead atoms. The van der Waals surface area contributed by atoms with Crippen molar-refractivity contribution in [3.05, 3.63) is 120 Å². The van der Waals surface area contributed by atoms with Gasteiger partial charge in [-0.25, -0.2) is 0 Å². The molecule has 1 aliphatic heterocycles. The van der Waals surface area contributed by atoms with Crippen molar-refractivity contribution in [1.29, 1.82) is 0 Å². The SMILES string of the molecule is O=C(Nc1cccc(C(=O)NC2c3ccccc3Oc3ccccc32)c1)c1cccnc1. The fourth-order valence-corrected chi connectivity index (χ4v) is 3.72. The third kappa shape index (κ3) is 3.81. The molecule has 2 heterocycles. The highest BCUT2D eigenvalue weighted by atomic mass is 16.5. The molecule has 6 nitrogen and oxygen atoms in total. The Bertz CT molecular complexity index is 1260. The summed E-state index contributed by atoms with van der Waals surface area (Å²) in [6.45, 7) is 0. The Morgan fingerprint density at radius 3 is 2.12 bits per heavy atom. The molecule has 4 aromatic rings. The highest BCUT2D eigenvalue weighted by Crippen LogP contribution is 2.42. The van der Waals surface area contributed by atoms with E-state index in [4.69, 9.17) is 4.74 Å². The molecule has 32 heavy (non-hydrogen) atoms. The molecule has 0 radical (unpaired) electrons.